The summed E-state index contributed by atoms with van der Waals surface area (Å²) in [7, 11) is 0. The van der Waals surface area contributed by atoms with Gasteiger partial charge in [-0.15, -0.1) is 0 Å². The van der Waals surface area contributed by atoms with Gasteiger partial charge in [0, 0.05) is 42.9 Å². The average Bonchev–Trinajstić information content (AvgIpc) is 3.42. The minimum Gasteiger partial charge on any atom is -0.481 e. The first-order chi connectivity index (χ1) is 21.7. The molecule has 1 amide bonds. The van der Waals surface area contributed by atoms with Gasteiger partial charge in [0.05, 0.1) is 10.8 Å². The summed E-state index contributed by atoms with van der Waals surface area (Å²) >= 11 is 11.7. The largest absolute Gasteiger partial charge is 0.481 e. The summed E-state index contributed by atoms with van der Waals surface area (Å²) in [6.07, 6.45) is 12.3. The first-order valence-electron chi connectivity index (χ1n) is 16.7. The van der Waals surface area contributed by atoms with Crippen LogP contribution >= 0.6 is 23.2 Å². The minimum atomic E-state index is -0.717. The number of aliphatic hydroxyl groups excluding tert-OH is 2. The van der Waals surface area contributed by atoms with E-state index in [2.05, 4.69) is 5.32 Å². The van der Waals surface area contributed by atoms with Crippen LogP contribution in [0.25, 0.3) is 0 Å². The number of aliphatic carboxylic acids is 1. The lowest BCUT2D eigenvalue weighted by Crippen LogP contribution is -2.52. The smallest absolute Gasteiger partial charge is 0.314 e. The van der Waals surface area contributed by atoms with Crippen molar-refractivity contribution >= 4 is 35.1 Å². The maximum Gasteiger partial charge on any atom is 0.314 e. The Labute approximate surface area is 278 Å². The molecule has 2 aliphatic heterocycles. The SMILES string of the molecule is O=C(N1CCCCC(CO)C1)C1(c2ccc(Cl)cc2)CCC1.O=C(O)C1(c2ccc(Cl)cc2)CCC1.OCC1CCCCNC1. The van der Waals surface area contributed by atoms with Crippen LogP contribution in [-0.4, -0.2) is 71.5 Å². The van der Waals surface area contributed by atoms with Crippen LogP contribution in [0.1, 0.15) is 88.2 Å². The third-order valence-corrected chi connectivity index (χ3v) is 10.8. The monoisotopic (exact) mass is 660 g/mol. The molecule has 4 aliphatic rings. The van der Waals surface area contributed by atoms with E-state index in [1.54, 1.807) is 12.1 Å². The van der Waals surface area contributed by atoms with Gasteiger partial charge < -0.3 is 25.5 Å². The molecule has 2 aromatic rings. The highest BCUT2D eigenvalue weighted by molar-refractivity contribution is 6.30. The van der Waals surface area contributed by atoms with E-state index in [1.165, 1.54) is 19.3 Å². The van der Waals surface area contributed by atoms with Gasteiger partial charge in [-0.1, -0.05) is 73.2 Å². The Bertz CT molecular complexity index is 1210. The van der Waals surface area contributed by atoms with Crippen LogP contribution in [0.4, 0.5) is 0 Å². The molecule has 4 fully saturated rings. The van der Waals surface area contributed by atoms with E-state index >= 15 is 0 Å². The maximum absolute atomic E-state index is 13.2. The molecule has 4 N–H and O–H groups in total. The van der Waals surface area contributed by atoms with Crippen LogP contribution in [-0.2, 0) is 20.4 Å². The Kier molecular flexibility index (Phi) is 13.6. The second-order valence-corrected chi connectivity index (χ2v) is 14.1. The van der Waals surface area contributed by atoms with Gasteiger partial charge in [-0.05, 0) is 105 Å². The van der Waals surface area contributed by atoms with Crippen molar-refractivity contribution < 1.29 is 24.9 Å². The molecule has 45 heavy (non-hydrogen) atoms. The fourth-order valence-electron chi connectivity index (χ4n) is 6.96. The lowest BCUT2D eigenvalue weighted by molar-refractivity contribution is -0.147. The van der Waals surface area contributed by atoms with Crippen LogP contribution in [0.5, 0.6) is 0 Å². The molecule has 0 radical (unpaired) electrons. The number of hydrogen-bond donors (Lipinski definition) is 4. The normalized spacial score (nSPS) is 23.7. The molecular weight excluding hydrogens is 611 g/mol. The molecule has 2 atom stereocenters. The molecule has 6 rings (SSSR count). The van der Waals surface area contributed by atoms with E-state index in [0.29, 0.717) is 29.1 Å². The summed E-state index contributed by atoms with van der Waals surface area (Å²) in [5.41, 5.74) is 0.984. The van der Waals surface area contributed by atoms with Crippen LogP contribution in [0.15, 0.2) is 48.5 Å². The number of aliphatic hydroxyl groups is 2. The number of carbonyl (C=O) groups is 2. The highest BCUT2D eigenvalue weighted by Gasteiger charge is 2.48. The molecular formula is C36H50Cl2N2O5. The quantitative estimate of drug-likeness (QED) is 0.278. The van der Waals surface area contributed by atoms with Gasteiger partial charge in [-0.25, -0.2) is 0 Å². The van der Waals surface area contributed by atoms with Gasteiger partial charge in [-0.2, -0.15) is 0 Å². The number of benzene rings is 2. The average molecular weight is 662 g/mol. The lowest BCUT2D eigenvalue weighted by atomic mass is 9.63. The summed E-state index contributed by atoms with van der Waals surface area (Å²) in [5.74, 6) is 0.286. The summed E-state index contributed by atoms with van der Waals surface area (Å²) in [6, 6.07) is 14.9. The zero-order chi connectivity index (χ0) is 32.3. The topological polar surface area (TPSA) is 110 Å². The van der Waals surface area contributed by atoms with Crippen molar-refractivity contribution in [1.82, 2.24) is 10.2 Å². The number of hydrogen-bond acceptors (Lipinski definition) is 5. The van der Waals surface area contributed by atoms with E-state index in [4.69, 9.17) is 28.3 Å². The van der Waals surface area contributed by atoms with Gasteiger partial charge in [-0.3, -0.25) is 9.59 Å². The number of nitrogens with zero attached hydrogens (tertiary/aromatic N) is 1. The first kappa shape index (κ1) is 35.7. The second kappa shape index (κ2) is 17.1. The van der Waals surface area contributed by atoms with Crippen molar-refractivity contribution in [3.8, 4) is 0 Å². The predicted octanol–water partition coefficient (Wildman–Crippen LogP) is 6.60. The Morgan fingerprint density at radius 2 is 1.24 bits per heavy atom. The number of carboxylic acids is 1. The molecule has 0 aromatic heterocycles. The van der Waals surface area contributed by atoms with Crippen molar-refractivity contribution in [2.45, 2.75) is 87.9 Å². The molecule has 7 nitrogen and oxygen atoms in total. The van der Waals surface area contributed by atoms with Gasteiger partial charge in [0.15, 0.2) is 0 Å². The molecule has 9 heteroatoms. The van der Waals surface area contributed by atoms with Crippen LogP contribution in [0, 0.1) is 11.8 Å². The number of rotatable bonds is 6. The van der Waals surface area contributed by atoms with Crippen molar-refractivity contribution in [1.29, 1.82) is 0 Å². The minimum absolute atomic E-state index is 0.178. The van der Waals surface area contributed by atoms with Gasteiger partial charge in [0.1, 0.15) is 0 Å². The Morgan fingerprint density at radius 3 is 1.73 bits per heavy atom. The second-order valence-electron chi connectivity index (χ2n) is 13.2. The molecule has 0 spiro atoms. The Morgan fingerprint density at radius 1 is 0.733 bits per heavy atom. The number of carboxylic acid groups (broad SMARTS) is 1. The fourth-order valence-corrected chi connectivity index (χ4v) is 7.22. The van der Waals surface area contributed by atoms with Gasteiger partial charge >= 0.3 is 5.97 Å². The van der Waals surface area contributed by atoms with Crippen LogP contribution in [0.2, 0.25) is 10.0 Å². The highest BCUT2D eigenvalue weighted by atomic mass is 35.5. The molecule has 2 aliphatic carbocycles. The highest BCUT2D eigenvalue weighted by Crippen LogP contribution is 2.46. The van der Waals surface area contributed by atoms with Gasteiger partial charge in [0.25, 0.3) is 0 Å². The third kappa shape index (κ3) is 9.01. The molecule has 2 saturated carbocycles. The van der Waals surface area contributed by atoms with E-state index in [-0.39, 0.29) is 23.8 Å². The van der Waals surface area contributed by atoms with Crippen LogP contribution < -0.4 is 5.32 Å². The maximum atomic E-state index is 13.2. The van der Waals surface area contributed by atoms with Crippen molar-refractivity contribution in [2.75, 3.05) is 39.4 Å². The molecule has 2 saturated heterocycles. The number of nitrogens with one attached hydrogen (secondary N) is 1. The molecule has 248 valence electrons. The van der Waals surface area contributed by atoms with Crippen LogP contribution in [0.3, 0.4) is 0 Å². The summed E-state index contributed by atoms with van der Waals surface area (Å²) in [5, 5.41) is 32.1. The van der Waals surface area contributed by atoms with Crippen molar-refractivity contribution in [3.05, 3.63) is 69.7 Å². The first-order valence-corrected chi connectivity index (χ1v) is 17.5. The Balaban J connectivity index is 0.000000171. The number of likely N-dealkylation sites (tertiary alicyclic amines) is 1. The van der Waals surface area contributed by atoms with E-state index in [0.717, 1.165) is 88.5 Å². The van der Waals surface area contributed by atoms with Crippen molar-refractivity contribution in [3.63, 3.8) is 0 Å². The number of amides is 1. The van der Waals surface area contributed by atoms with E-state index in [9.17, 15) is 19.8 Å². The molecule has 2 unspecified atom stereocenters. The van der Waals surface area contributed by atoms with E-state index in [1.807, 2.05) is 41.3 Å². The summed E-state index contributed by atoms with van der Waals surface area (Å²) in [4.78, 5) is 26.4. The fraction of sp³-hybridized carbons (Fsp3) is 0.611. The number of halogens is 2. The Hall–Kier alpha value is -2.16. The van der Waals surface area contributed by atoms with Gasteiger partial charge in [0.2, 0.25) is 5.91 Å². The lowest BCUT2D eigenvalue weighted by Gasteiger charge is -2.44. The molecule has 0 bridgehead atoms. The molecule has 2 aromatic carbocycles. The summed E-state index contributed by atoms with van der Waals surface area (Å²) < 4.78 is 0. The standard InChI is InChI=1S/C18H24ClNO2.C11H11ClO2.C7H15NO/c19-16-7-5-15(6-8-16)18(9-3-10-18)17(22)20-11-2-1-4-14(12-20)13-21;12-9-4-2-8(3-5-9)11(10(13)14)6-1-7-11;9-6-7-3-1-2-4-8-5-7/h5-8,14,21H,1-4,9-13H2;2-5H,1,6-7H2,(H,13,14);7-9H,1-6H2. The number of carbonyl (C=O) groups excluding carboxylic acids is 1. The third-order valence-electron chi connectivity index (χ3n) is 10.2. The molecule has 2 heterocycles. The van der Waals surface area contributed by atoms with E-state index < -0.39 is 11.4 Å². The van der Waals surface area contributed by atoms with Crippen molar-refractivity contribution in [2.24, 2.45) is 11.8 Å². The zero-order valence-electron chi connectivity index (χ0n) is 26.4. The zero-order valence-corrected chi connectivity index (χ0v) is 27.9. The predicted molar refractivity (Wildman–Crippen MR) is 180 cm³/mol. The summed E-state index contributed by atoms with van der Waals surface area (Å²) in [6.45, 7) is 4.20.